The van der Waals surface area contributed by atoms with E-state index in [-0.39, 0.29) is 16.5 Å². The Hall–Kier alpha value is -1.70. The first-order valence-corrected chi connectivity index (χ1v) is 9.84. The molecular weight excluding hydrogens is 349 g/mol. The largest absolute Gasteiger partial charge is 0.295 e. The second kappa shape index (κ2) is 8.41. The van der Waals surface area contributed by atoms with Crippen molar-refractivity contribution in [2.45, 2.75) is 23.1 Å². The smallest absolute Gasteiger partial charge is 0.240 e. The molecule has 0 fully saturated rings. The predicted octanol–water partition coefficient (Wildman–Crippen LogP) is 3.49. The van der Waals surface area contributed by atoms with Gasteiger partial charge in [0.1, 0.15) is 5.82 Å². The highest BCUT2D eigenvalue weighted by atomic mass is 32.2. The van der Waals surface area contributed by atoms with Crippen molar-refractivity contribution >= 4 is 27.6 Å². The topological polar surface area (TPSA) is 63.2 Å². The summed E-state index contributed by atoms with van der Waals surface area (Å²) in [5.74, 6) is 0.254. The first-order chi connectivity index (χ1) is 11.4. The number of ketones is 1. The second-order valence-corrected chi connectivity index (χ2v) is 8.07. The van der Waals surface area contributed by atoms with Gasteiger partial charge in [-0.25, -0.2) is 17.5 Å². The molecule has 128 valence electrons. The van der Waals surface area contributed by atoms with Gasteiger partial charge >= 0.3 is 0 Å². The number of rotatable bonds is 8. The molecule has 0 aromatic heterocycles. The van der Waals surface area contributed by atoms with Crippen LogP contribution in [0, 0.1) is 5.82 Å². The Bertz CT molecular complexity index is 805. The third-order valence-corrected chi connectivity index (χ3v) is 5.80. The monoisotopic (exact) mass is 367 g/mol. The molecule has 0 saturated carbocycles. The Labute approximate surface area is 145 Å². The highest BCUT2D eigenvalue weighted by Gasteiger charge is 2.14. The van der Waals surface area contributed by atoms with Crippen molar-refractivity contribution in [2.75, 3.05) is 12.3 Å². The number of benzene rings is 2. The van der Waals surface area contributed by atoms with Gasteiger partial charge < -0.3 is 0 Å². The molecule has 0 radical (unpaired) electrons. The number of sulfonamides is 1. The summed E-state index contributed by atoms with van der Waals surface area (Å²) in [6, 6.07) is 12.1. The first kappa shape index (κ1) is 18.6. The van der Waals surface area contributed by atoms with Gasteiger partial charge in [0.2, 0.25) is 10.0 Å². The molecule has 0 amide bonds. The highest BCUT2D eigenvalue weighted by molar-refractivity contribution is 7.99. The molecule has 0 aliphatic heterocycles. The number of carbonyl (C=O) groups excluding carboxylic acids is 1. The maximum atomic E-state index is 12.8. The standard InChI is InChI=1S/C17H18FNO3S2/c1-13(20)14-4-2-5-17(12-14)24(21,22)19-10-3-11-23-16-8-6-15(18)7-9-16/h2,4-9,12,19H,3,10-11H2,1H3. The molecule has 0 atom stereocenters. The van der Waals surface area contributed by atoms with Crippen LogP contribution < -0.4 is 4.72 Å². The van der Waals surface area contributed by atoms with E-state index >= 15 is 0 Å². The highest BCUT2D eigenvalue weighted by Crippen LogP contribution is 2.19. The van der Waals surface area contributed by atoms with Crippen molar-refractivity contribution in [3.05, 3.63) is 59.9 Å². The van der Waals surface area contributed by atoms with Crippen LogP contribution in [0.1, 0.15) is 23.7 Å². The zero-order chi connectivity index (χ0) is 17.6. The van der Waals surface area contributed by atoms with Crippen LogP contribution >= 0.6 is 11.8 Å². The second-order valence-electron chi connectivity index (χ2n) is 5.14. The first-order valence-electron chi connectivity index (χ1n) is 7.37. The summed E-state index contributed by atoms with van der Waals surface area (Å²) in [5.41, 5.74) is 0.366. The summed E-state index contributed by atoms with van der Waals surface area (Å²) in [6.07, 6.45) is 0.633. The van der Waals surface area contributed by atoms with Crippen LogP contribution in [-0.2, 0) is 10.0 Å². The van der Waals surface area contributed by atoms with Crippen molar-refractivity contribution in [2.24, 2.45) is 0 Å². The van der Waals surface area contributed by atoms with E-state index in [0.717, 1.165) is 4.90 Å². The minimum absolute atomic E-state index is 0.0846. The minimum Gasteiger partial charge on any atom is -0.295 e. The Balaban J connectivity index is 1.83. The lowest BCUT2D eigenvalue weighted by atomic mass is 10.2. The molecule has 4 nitrogen and oxygen atoms in total. The molecule has 2 aromatic carbocycles. The molecule has 0 heterocycles. The number of thioether (sulfide) groups is 1. The van der Waals surface area contributed by atoms with Crippen molar-refractivity contribution < 1.29 is 17.6 Å². The van der Waals surface area contributed by atoms with Crippen LogP contribution in [-0.4, -0.2) is 26.5 Å². The minimum atomic E-state index is -3.63. The SMILES string of the molecule is CC(=O)c1cccc(S(=O)(=O)NCCCSc2ccc(F)cc2)c1. The lowest BCUT2D eigenvalue weighted by Gasteiger charge is -2.08. The molecule has 2 aromatic rings. The van der Waals surface area contributed by atoms with Crippen molar-refractivity contribution in [3.8, 4) is 0 Å². The van der Waals surface area contributed by atoms with E-state index in [4.69, 9.17) is 0 Å². The molecule has 1 N–H and O–H groups in total. The van der Waals surface area contributed by atoms with Crippen LogP contribution in [0.3, 0.4) is 0 Å². The molecule has 2 rings (SSSR count). The van der Waals surface area contributed by atoms with E-state index in [1.807, 2.05) is 0 Å². The average molecular weight is 367 g/mol. The van der Waals surface area contributed by atoms with E-state index < -0.39 is 10.0 Å². The molecule has 0 unspecified atom stereocenters. The summed E-state index contributed by atoms with van der Waals surface area (Å²) in [4.78, 5) is 12.4. The summed E-state index contributed by atoms with van der Waals surface area (Å²) in [7, 11) is -3.63. The van der Waals surface area contributed by atoms with Gasteiger partial charge in [0, 0.05) is 17.0 Å². The van der Waals surface area contributed by atoms with Gasteiger partial charge in [-0.05, 0) is 55.5 Å². The van der Waals surface area contributed by atoms with Gasteiger partial charge in [0.15, 0.2) is 5.78 Å². The van der Waals surface area contributed by atoms with E-state index in [0.29, 0.717) is 24.3 Å². The predicted molar refractivity (Wildman–Crippen MR) is 93.4 cm³/mol. The van der Waals surface area contributed by atoms with Gasteiger partial charge in [-0.2, -0.15) is 0 Å². The summed E-state index contributed by atoms with van der Waals surface area (Å²) < 4.78 is 39.7. The molecule has 0 saturated heterocycles. The van der Waals surface area contributed by atoms with Crippen LogP contribution in [0.5, 0.6) is 0 Å². The number of carbonyl (C=O) groups is 1. The fourth-order valence-electron chi connectivity index (χ4n) is 1.97. The third-order valence-electron chi connectivity index (χ3n) is 3.25. The lowest BCUT2D eigenvalue weighted by Crippen LogP contribution is -2.25. The van der Waals surface area contributed by atoms with Gasteiger partial charge in [-0.1, -0.05) is 12.1 Å². The maximum absolute atomic E-state index is 12.8. The van der Waals surface area contributed by atoms with E-state index in [9.17, 15) is 17.6 Å². The number of halogens is 1. The van der Waals surface area contributed by atoms with Gasteiger partial charge in [0.05, 0.1) is 4.90 Å². The van der Waals surface area contributed by atoms with Gasteiger partial charge in [0.25, 0.3) is 0 Å². The van der Waals surface area contributed by atoms with Crippen molar-refractivity contribution in [1.82, 2.24) is 4.72 Å². The van der Waals surface area contributed by atoms with E-state index in [1.165, 1.54) is 43.0 Å². The molecule has 0 aliphatic rings. The van der Waals surface area contributed by atoms with E-state index in [2.05, 4.69) is 4.72 Å². The van der Waals surface area contributed by atoms with Crippen molar-refractivity contribution in [1.29, 1.82) is 0 Å². The van der Waals surface area contributed by atoms with Crippen LogP contribution in [0.2, 0.25) is 0 Å². The zero-order valence-electron chi connectivity index (χ0n) is 13.2. The van der Waals surface area contributed by atoms with Crippen LogP contribution in [0.25, 0.3) is 0 Å². The molecule has 0 aliphatic carbocycles. The normalized spacial score (nSPS) is 11.4. The number of hydrogen-bond donors (Lipinski definition) is 1. The third kappa shape index (κ3) is 5.43. The number of nitrogens with one attached hydrogen (secondary N) is 1. The summed E-state index contributed by atoms with van der Waals surface area (Å²) >= 11 is 1.54. The summed E-state index contributed by atoms with van der Waals surface area (Å²) in [6.45, 7) is 1.69. The quantitative estimate of drug-likeness (QED) is 0.441. The molecule has 0 bridgehead atoms. The Morgan fingerprint density at radius 1 is 1.17 bits per heavy atom. The molecule has 7 heteroatoms. The van der Waals surface area contributed by atoms with Crippen LogP contribution in [0.15, 0.2) is 58.3 Å². The lowest BCUT2D eigenvalue weighted by molar-refractivity contribution is 0.101. The average Bonchev–Trinajstić information content (AvgIpc) is 2.56. The Morgan fingerprint density at radius 3 is 2.54 bits per heavy atom. The van der Waals surface area contributed by atoms with E-state index in [1.54, 1.807) is 24.3 Å². The van der Waals surface area contributed by atoms with Crippen molar-refractivity contribution in [3.63, 3.8) is 0 Å². The molecule has 0 spiro atoms. The van der Waals surface area contributed by atoms with Gasteiger partial charge in [-0.3, -0.25) is 4.79 Å². The Kier molecular flexibility index (Phi) is 6.53. The van der Waals surface area contributed by atoms with Gasteiger partial charge in [-0.15, -0.1) is 11.8 Å². The maximum Gasteiger partial charge on any atom is 0.240 e. The zero-order valence-corrected chi connectivity index (χ0v) is 14.8. The number of hydrogen-bond acceptors (Lipinski definition) is 4. The fraction of sp³-hybridized carbons (Fsp3) is 0.235. The number of Topliss-reactive ketones (excluding diaryl/α,β-unsaturated/α-hetero) is 1. The fourth-order valence-corrected chi connectivity index (χ4v) is 3.94. The molecule has 24 heavy (non-hydrogen) atoms. The Morgan fingerprint density at radius 2 is 1.88 bits per heavy atom. The summed E-state index contributed by atoms with van der Waals surface area (Å²) in [5, 5.41) is 0. The molecular formula is C17H18FNO3S2. The van der Waals surface area contributed by atoms with Crippen LogP contribution in [0.4, 0.5) is 4.39 Å².